The Morgan fingerprint density at radius 1 is 1.10 bits per heavy atom. The summed E-state index contributed by atoms with van der Waals surface area (Å²) in [4.78, 5) is 19.1. The fourth-order valence-corrected chi connectivity index (χ4v) is 4.20. The molecule has 7 heteroatoms. The molecule has 1 aliphatic heterocycles. The molecule has 0 bridgehead atoms. The molecule has 0 atom stereocenters. The van der Waals surface area contributed by atoms with E-state index < -0.39 is 0 Å². The number of rotatable bonds is 6. The zero-order valence-electron chi connectivity index (χ0n) is 15.8. The Balaban J connectivity index is 1.53. The van der Waals surface area contributed by atoms with Crippen LogP contribution in [0.15, 0.2) is 78.0 Å². The lowest BCUT2D eigenvalue weighted by molar-refractivity contribution is -0.122. The molecule has 4 nitrogen and oxygen atoms in total. The summed E-state index contributed by atoms with van der Waals surface area (Å²) < 4.78 is 20.2. The molecule has 1 fully saturated rings. The summed E-state index contributed by atoms with van der Waals surface area (Å²) in [7, 11) is 0. The van der Waals surface area contributed by atoms with E-state index in [1.54, 1.807) is 47.6 Å². The number of pyridine rings is 1. The van der Waals surface area contributed by atoms with Crippen LogP contribution in [-0.2, 0) is 17.9 Å². The van der Waals surface area contributed by atoms with Crippen LogP contribution < -0.4 is 4.74 Å². The smallest absolute Gasteiger partial charge is 0.266 e. The molecule has 2 heterocycles. The first-order valence-corrected chi connectivity index (χ1v) is 10.4. The Morgan fingerprint density at radius 2 is 1.90 bits per heavy atom. The van der Waals surface area contributed by atoms with E-state index in [1.807, 2.05) is 30.3 Å². The molecule has 1 saturated heterocycles. The van der Waals surface area contributed by atoms with Crippen molar-refractivity contribution in [2.24, 2.45) is 0 Å². The number of nitrogens with zero attached hydrogens (tertiary/aromatic N) is 2. The van der Waals surface area contributed by atoms with Gasteiger partial charge in [-0.25, -0.2) is 4.39 Å². The maximum atomic E-state index is 13.9. The van der Waals surface area contributed by atoms with E-state index in [1.165, 1.54) is 17.8 Å². The van der Waals surface area contributed by atoms with E-state index in [9.17, 15) is 9.18 Å². The first-order chi connectivity index (χ1) is 14.6. The number of benzene rings is 2. The summed E-state index contributed by atoms with van der Waals surface area (Å²) >= 11 is 6.66. The summed E-state index contributed by atoms with van der Waals surface area (Å²) in [5.74, 6) is 0.0993. The number of thioether (sulfide) groups is 1. The summed E-state index contributed by atoms with van der Waals surface area (Å²) in [6.45, 7) is 0.473. The van der Waals surface area contributed by atoms with Crippen molar-refractivity contribution in [1.82, 2.24) is 9.88 Å². The zero-order valence-corrected chi connectivity index (χ0v) is 17.5. The van der Waals surface area contributed by atoms with Gasteiger partial charge < -0.3 is 4.74 Å². The highest BCUT2D eigenvalue weighted by Gasteiger charge is 2.32. The van der Waals surface area contributed by atoms with Crippen molar-refractivity contribution in [3.05, 3.63) is 100 Å². The first kappa shape index (κ1) is 20.3. The summed E-state index contributed by atoms with van der Waals surface area (Å²) in [5.41, 5.74) is 2.11. The van der Waals surface area contributed by atoms with Crippen molar-refractivity contribution in [2.45, 2.75) is 13.2 Å². The molecule has 0 radical (unpaired) electrons. The van der Waals surface area contributed by atoms with Crippen molar-refractivity contribution >= 4 is 40.3 Å². The Morgan fingerprint density at radius 3 is 2.70 bits per heavy atom. The van der Waals surface area contributed by atoms with Gasteiger partial charge >= 0.3 is 0 Å². The molecule has 1 aromatic heterocycles. The number of thiocarbonyl (C=S) groups is 1. The van der Waals surface area contributed by atoms with Crippen LogP contribution in [0.2, 0.25) is 0 Å². The van der Waals surface area contributed by atoms with Crippen molar-refractivity contribution in [3.8, 4) is 5.75 Å². The number of amides is 1. The first-order valence-electron chi connectivity index (χ1n) is 9.21. The van der Waals surface area contributed by atoms with Crippen LogP contribution in [0.5, 0.6) is 5.75 Å². The van der Waals surface area contributed by atoms with Gasteiger partial charge in [-0.05, 0) is 29.8 Å². The lowest BCUT2D eigenvalue weighted by Gasteiger charge is -2.14. The molecule has 30 heavy (non-hydrogen) atoms. The van der Waals surface area contributed by atoms with Gasteiger partial charge in [-0.1, -0.05) is 66.4 Å². The Hall–Kier alpha value is -3.03. The average Bonchev–Trinajstić information content (AvgIpc) is 3.02. The number of carbonyl (C=O) groups excluding carboxylic acids is 1. The SMILES string of the molecule is O=C1/C(=C/c2ccccc2OCc2ccccc2F)SC(=S)N1Cc1cccnc1. The normalized spacial score (nSPS) is 15.1. The second kappa shape index (κ2) is 9.19. The van der Waals surface area contributed by atoms with Gasteiger partial charge in [-0.15, -0.1) is 0 Å². The third-order valence-electron chi connectivity index (χ3n) is 4.48. The summed E-state index contributed by atoms with van der Waals surface area (Å²) in [6, 6.07) is 17.6. The van der Waals surface area contributed by atoms with Crippen LogP contribution in [0.4, 0.5) is 4.39 Å². The van der Waals surface area contributed by atoms with E-state index in [0.29, 0.717) is 27.1 Å². The van der Waals surface area contributed by atoms with Gasteiger partial charge in [0.15, 0.2) is 0 Å². The molecule has 3 aromatic rings. The molecule has 0 unspecified atom stereocenters. The lowest BCUT2D eigenvalue weighted by Crippen LogP contribution is -2.27. The number of hydrogen-bond donors (Lipinski definition) is 0. The minimum atomic E-state index is -0.314. The van der Waals surface area contributed by atoms with Gasteiger partial charge in [0.2, 0.25) is 0 Å². The molecule has 4 rings (SSSR count). The van der Waals surface area contributed by atoms with Crippen LogP contribution >= 0.6 is 24.0 Å². The predicted octanol–water partition coefficient (Wildman–Crippen LogP) is 5.20. The lowest BCUT2D eigenvalue weighted by atomic mass is 10.1. The minimum absolute atomic E-state index is 0.0967. The van der Waals surface area contributed by atoms with Crippen LogP contribution in [0.3, 0.4) is 0 Å². The Kier molecular flexibility index (Phi) is 6.21. The van der Waals surface area contributed by atoms with Gasteiger partial charge in [0.1, 0.15) is 22.5 Å². The Labute approximate surface area is 183 Å². The van der Waals surface area contributed by atoms with Crippen LogP contribution in [0, 0.1) is 5.82 Å². The minimum Gasteiger partial charge on any atom is -0.488 e. The quantitative estimate of drug-likeness (QED) is 0.392. The highest BCUT2D eigenvalue weighted by Crippen LogP contribution is 2.35. The number of aromatic nitrogens is 1. The van der Waals surface area contributed by atoms with E-state index in [0.717, 1.165) is 11.1 Å². The maximum absolute atomic E-state index is 13.9. The van der Waals surface area contributed by atoms with Crippen molar-refractivity contribution in [3.63, 3.8) is 0 Å². The highest BCUT2D eigenvalue weighted by atomic mass is 32.2. The molecule has 150 valence electrons. The third kappa shape index (κ3) is 4.58. The number of hydrogen-bond acceptors (Lipinski definition) is 5. The third-order valence-corrected chi connectivity index (χ3v) is 5.86. The molecular formula is C23H17FN2O2S2. The summed E-state index contributed by atoms with van der Waals surface area (Å²) in [5, 5.41) is 0. The maximum Gasteiger partial charge on any atom is 0.266 e. The van der Waals surface area contributed by atoms with E-state index in [2.05, 4.69) is 4.98 Å². The molecule has 0 N–H and O–H groups in total. The van der Waals surface area contributed by atoms with Gasteiger partial charge in [-0.3, -0.25) is 14.7 Å². The zero-order chi connectivity index (χ0) is 20.9. The second-order valence-electron chi connectivity index (χ2n) is 6.55. The standard InChI is InChI=1S/C23H17FN2O2S2/c24-19-9-3-1-8-18(19)15-28-20-10-4-2-7-17(20)12-21-22(27)26(23(29)30-21)14-16-6-5-11-25-13-16/h1-13H,14-15H2/b21-12-. The average molecular weight is 437 g/mol. The van der Waals surface area contributed by atoms with E-state index in [-0.39, 0.29) is 18.3 Å². The fourth-order valence-electron chi connectivity index (χ4n) is 2.95. The van der Waals surface area contributed by atoms with Crippen molar-refractivity contribution < 1.29 is 13.9 Å². The van der Waals surface area contributed by atoms with Crippen LogP contribution in [0.1, 0.15) is 16.7 Å². The molecule has 0 saturated carbocycles. The highest BCUT2D eigenvalue weighted by molar-refractivity contribution is 8.26. The number of carbonyl (C=O) groups is 1. The molecule has 0 aliphatic carbocycles. The van der Waals surface area contributed by atoms with Crippen molar-refractivity contribution in [2.75, 3.05) is 0 Å². The predicted molar refractivity (Wildman–Crippen MR) is 120 cm³/mol. The Bertz CT molecular complexity index is 1120. The van der Waals surface area contributed by atoms with Gasteiger partial charge in [0.25, 0.3) is 5.91 Å². The second-order valence-corrected chi connectivity index (χ2v) is 8.22. The van der Waals surface area contributed by atoms with E-state index in [4.69, 9.17) is 17.0 Å². The number of halogens is 1. The summed E-state index contributed by atoms with van der Waals surface area (Å²) in [6.07, 6.45) is 5.17. The molecule has 1 aliphatic rings. The van der Waals surface area contributed by atoms with Crippen molar-refractivity contribution in [1.29, 1.82) is 0 Å². The van der Waals surface area contributed by atoms with Gasteiger partial charge in [0.05, 0.1) is 11.4 Å². The molecule has 1 amide bonds. The van der Waals surface area contributed by atoms with E-state index >= 15 is 0 Å². The largest absolute Gasteiger partial charge is 0.488 e. The molecule has 2 aromatic carbocycles. The number of para-hydroxylation sites is 1. The molecular weight excluding hydrogens is 419 g/mol. The van der Waals surface area contributed by atoms with Gasteiger partial charge in [-0.2, -0.15) is 0 Å². The van der Waals surface area contributed by atoms with Crippen LogP contribution in [0.25, 0.3) is 6.08 Å². The fraction of sp³-hybridized carbons (Fsp3) is 0.0870. The van der Waals surface area contributed by atoms with Crippen LogP contribution in [-0.4, -0.2) is 20.1 Å². The topological polar surface area (TPSA) is 42.4 Å². The number of ether oxygens (including phenoxy) is 1. The molecule has 0 spiro atoms. The van der Waals surface area contributed by atoms with Gasteiger partial charge in [0, 0.05) is 23.5 Å². The monoisotopic (exact) mass is 436 g/mol.